The van der Waals surface area contributed by atoms with Gasteiger partial charge in [-0.2, -0.15) is 0 Å². The van der Waals surface area contributed by atoms with Crippen LogP contribution >= 0.6 is 11.6 Å². The Morgan fingerprint density at radius 2 is 1.91 bits per heavy atom. The van der Waals surface area contributed by atoms with E-state index in [0.717, 1.165) is 11.1 Å². The van der Waals surface area contributed by atoms with Crippen LogP contribution in [0.3, 0.4) is 0 Å². The Bertz CT molecular complexity index is 906. The van der Waals surface area contributed by atoms with Crippen LogP contribution in [-0.2, 0) is 16.4 Å². The van der Waals surface area contributed by atoms with E-state index in [1.807, 2.05) is 6.92 Å². The lowest BCUT2D eigenvalue weighted by Crippen LogP contribution is -2.29. The normalized spacial score (nSPS) is 14.0. The van der Waals surface area contributed by atoms with Crippen molar-refractivity contribution in [2.45, 2.75) is 25.2 Å². The molecule has 1 aliphatic rings. The van der Waals surface area contributed by atoms with E-state index >= 15 is 0 Å². The molecule has 120 valence electrons. The van der Waals surface area contributed by atoms with Gasteiger partial charge >= 0.3 is 0 Å². The summed E-state index contributed by atoms with van der Waals surface area (Å²) in [5.74, 6) is -0.0283. The van der Waals surface area contributed by atoms with Crippen LogP contribution in [0.25, 0.3) is 0 Å². The van der Waals surface area contributed by atoms with Crippen LogP contribution in [0.2, 0.25) is 5.02 Å². The maximum Gasteiger partial charge on any atom is 0.264 e. The third-order valence-corrected chi connectivity index (χ3v) is 6.29. The van der Waals surface area contributed by atoms with Gasteiger partial charge in [-0.15, -0.1) is 0 Å². The van der Waals surface area contributed by atoms with Crippen molar-refractivity contribution in [1.82, 2.24) is 0 Å². The number of carbonyl (C=O) groups excluding carboxylic acids is 1. The quantitative estimate of drug-likeness (QED) is 0.795. The minimum atomic E-state index is -3.66. The number of Topliss-reactive ketones (excluding diaryl/α,β-unsaturated/α-hetero) is 1. The highest BCUT2D eigenvalue weighted by molar-refractivity contribution is 7.92. The Balaban J connectivity index is 2.04. The van der Waals surface area contributed by atoms with Crippen molar-refractivity contribution in [3.05, 3.63) is 58.1 Å². The van der Waals surface area contributed by atoms with Gasteiger partial charge < -0.3 is 0 Å². The molecular weight excluding hydrogens is 334 g/mol. The van der Waals surface area contributed by atoms with Crippen LogP contribution in [-0.4, -0.2) is 20.7 Å². The first-order chi connectivity index (χ1) is 10.8. The molecule has 0 aromatic heterocycles. The van der Waals surface area contributed by atoms with E-state index < -0.39 is 10.0 Å². The van der Waals surface area contributed by atoms with E-state index in [9.17, 15) is 13.2 Å². The first-order valence-corrected chi connectivity index (χ1v) is 9.05. The molecule has 0 N–H and O–H groups in total. The van der Waals surface area contributed by atoms with Crippen molar-refractivity contribution in [2.75, 3.05) is 10.8 Å². The highest BCUT2D eigenvalue weighted by Gasteiger charge is 2.31. The molecule has 0 bridgehead atoms. The Morgan fingerprint density at radius 3 is 2.57 bits per heavy atom. The third-order valence-electron chi connectivity index (χ3n) is 4.07. The minimum absolute atomic E-state index is 0.0283. The van der Waals surface area contributed by atoms with Crippen molar-refractivity contribution >= 4 is 33.1 Å². The predicted molar refractivity (Wildman–Crippen MR) is 90.9 cm³/mol. The molecule has 2 aromatic rings. The Hall–Kier alpha value is -1.85. The van der Waals surface area contributed by atoms with Crippen molar-refractivity contribution in [2.24, 2.45) is 0 Å². The molecule has 1 aliphatic heterocycles. The van der Waals surface area contributed by atoms with Gasteiger partial charge in [0.05, 0.1) is 10.6 Å². The second kappa shape index (κ2) is 5.65. The van der Waals surface area contributed by atoms with Crippen LogP contribution in [0, 0.1) is 6.92 Å². The van der Waals surface area contributed by atoms with Gasteiger partial charge in [0.2, 0.25) is 0 Å². The molecule has 1 heterocycles. The van der Waals surface area contributed by atoms with Gasteiger partial charge in [0.1, 0.15) is 0 Å². The monoisotopic (exact) mass is 349 g/mol. The Kier molecular flexibility index (Phi) is 3.94. The lowest BCUT2D eigenvalue weighted by Gasteiger charge is -2.20. The van der Waals surface area contributed by atoms with Gasteiger partial charge in [0.25, 0.3) is 10.0 Å². The zero-order valence-electron chi connectivity index (χ0n) is 12.8. The second-order valence-electron chi connectivity index (χ2n) is 5.64. The van der Waals surface area contributed by atoms with E-state index in [-0.39, 0.29) is 10.7 Å². The van der Waals surface area contributed by atoms with Crippen LogP contribution in [0.15, 0.2) is 41.3 Å². The molecule has 0 amide bonds. The molecule has 0 radical (unpaired) electrons. The number of anilines is 1. The molecule has 0 spiro atoms. The Labute approximate surface area is 140 Å². The number of fused-ring (bicyclic) bond motifs is 1. The van der Waals surface area contributed by atoms with Gasteiger partial charge in [-0.3, -0.25) is 9.10 Å². The summed E-state index contributed by atoms with van der Waals surface area (Å²) in [7, 11) is -3.66. The number of sulfonamides is 1. The minimum Gasteiger partial charge on any atom is -0.295 e. The highest BCUT2D eigenvalue weighted by Crippen LogP contribution is 2.34. The highest BCUT2D eigenvalue weighted by atomic mass is 35.5. The number of hydrogen-bond acceptors (Lipinski definition) is 3. The molecule has 0 fully saturated rings. The molecule has 23 heavy (non-hydrogen) atoms. The molecule has 0 aliphatic carbocycles. The molecular formula is C17H16ClNO3S. The summed E-state index contributed by atoms with van der Waals surface area (Å²) in [6.07, 6.45) is 0.593. The first kappa shape index (κ1) is 16.0. The molecule has 0 atom stereocenters. The second-order valence-corrected chi connectivity index (χ2v) is 7.91. The number of benzene rings is 2. The van der Waals surface area contributed by atoms with Crippen molar-refractivity contribution in [1.29, 1.82) is 0 Å². The summed E-state index contributed by atoms with van der Waals surface area (Å²) in [5.41, 5.74) is 2.94. The number of nitrogens with zero attached hydrogens (tertiary/aromatic N) is 1. The number of hydrogen-bond donors (Lipinski definition) is 0. The SMILES string of the molecule is CC(=O)c1ccc2c(c1)CCN2S(=O)(=O)c1ccc(C)c(Cl)c1. The van der Waals surface area contributed by atoms with Crippen LogP contribution < -0.4 is 4.31 Å². The number of ketones is 1. The Morgan fingerprint density at radius 1 is 1.17 bits per heavy atom. The maximum absolute atomic E-state index is 12.9. The smallest absolute Gasteiger partial charge is 0.264 e. The fraction of sp³-hybridized carbons (Fsp3) is 0.235. The fourth-order valence-electron chi connectivity index (χ4n) is 2.70. The fourth-order valence-corrected chi connectivity index (χ4v) is 4.48. The van der Waals surface area contributed by atoms with E-state index in [4.69, 9.17) is 11.6 Å². The molecule has 0 saturated heterocycles. The number of rotatable bonds is 3. The number of aryl methyl sites for hydroxylation is 1. The summed E-state index contributed by atoms with van der Waals surface area (Å²) >= 11 is 6.06. The van der Waals surface area contributed by atoms with Crippen LogP contribution in [0.5, 0.6) is 0 Å². The first-order valence-electron chi connectivity index (χ1n) is 7.23. The lowest BCUT2D eigenvalue weighted by molar-refractivity contribution is 0.101. The van der Waals surface area contributed by atoms with Gasteiger partial charge in [0.15, 0.2) is 5.78 Å². The molecule has 0 unspecified atom stereocenters. The molecule has 2 aromatic carbocycles. The van der Waals surface area contributed by atoms with Crippen LogP contribution in [0.4, 0.5) is 5.69 Å². The van der Waals surface area contributed by atoms with Crippen molar-refractivity contribution in [3.8, 4) is 0 Å². The van der Waals surface area contributed by atoms with Crippen molar-refractivity contribution in [3.63, 3.8) is 0 Å². The summed E-state index contributed by atoms with van der Waals surface area (Å²) in [6.45, 7) is 3.69. The zero-order chi connectivity index (χ0) is 16.8. The standard InChI is InChI=1S/C17H16ClNO3S/c1-11-3-5-15(10-16(11)18)23(21,22)19-8-7-14-9-13(12(2)20)4-6-17(14)19/h3-6,9-10H,7-8H2,1-2H3. The molecule has 4 nitrogen and oxygen atoms in total. The summed E-state index contributed by atoms with van der Waals surface area (Å²) in [5, 5.41) is 0.428. The van der Waals surface area contributed by atoms with E-state index in [1.165, 1.54) is 17.3 Å². The summed E-state index contributed by atoms with van der Waals surface area (Å²) in [6, 6.07) is 9.89. The average molecular weight is 350 g/mol. The number of carbonyl (C=O) groups is 1. The zero-order valence-corrected chi connectivity index (χ0v) is 14.4. The van der Waals surface area contributed by atoms with Gasteiger partial charge in [-0.05, 0) is 61.7 Å². The van der Waals surface area contributed by atoms with Gasteiger partial charge in [0, 0.05) is 17.1 Å². The predicted octanol–water partition coefficient (Wildman–Crippen LogP) is 3.60. The van der Waals surface area contributed by atoms with Crippen molar-refractivity contribution < 1.29 is 13.2 Å². The van der Waals surface area contributed by atoms with Crippen LogP contribution in [0.1, 0.15) is 28.4 Å². The lowest BCUT2D eigenvalue weighted by atomic mass is 10.1. The third kappa shape index (κ3) is 2.75. The molecule has 3 rings (SSSR count). The molecule has 6 heteroatoms. The van der Waals surface area contributed by atoms with Gasteiger partial charge in [-0.25, -0.2) is 8.42 Å². The van der Waals surface area contributed by atoms with E-state index in [1.54, 1.807) is 30.3 Å². The topological polar surface area (TPSA) is 54.5 Å². The maximum atomic E-state index is 12.9. The van der Waals surface area contributed by atoms with E-state index in [2.05, 4.69) is 0 Å². The van der Waals surface area contributed by atoms with Gasteiger partial charge in [-0.1, -0.05) is 17.7 Å². The molecule has 0 saturated carbocycles. The largest absolute Gasteiger partial charge is 0.295 e. The number of halogens is 1. The summed E-state index contributed by atoms with van der Waals surface area (Å²) < 4.78 is 27.1. The van der Waals surface area contributed by atoms with E-state index in [0.29, 0.717) is 29.2 Å². The average Bonchev–Trinajstić information content (AvgIpc) is 2.93. The summed E-state index contributed by atoms with van der Waals surface area (Å²) in [4.78, 5) is 11.6.